The highest BCUT2D eigenvalue weighted by molar-refractivity contribution is 5.18. The molecule has 0 aromatic carbocycles. The molecule has 0 saturated heterocycles. The second-order valence-electron chi connectivity index (χ2n) is 5.46. The van der Waals surface area contributed by atoms with Crippen LogP contribution in [-0.2, 0) is 26.4 Å². The molecule has 0 amide bonds. The molecule has 1 unspecified atom stereocenters. The van der Waals surface area contributed by atoms with Gasteiger partial charge in [0, 0.05) is 19.8 Å². The predicted octanol–water partition coefficient (Wildman–Crippen LogP) is 2.48. The van der Waals surface area contributed by atoms with Crippen molar-refractivity contribution < 1.29 is 0 Å². The molecule has 0 saturated carbocycles. The maximum atomic E-state index is 4.68. The molecule has 2 rings (SSSR count). The summed E-state index contributed by atoms with van der Waals surface area (Å²) < 4.78 is 3.99. The van der Waals surface area contributed by atoms with Crippen LogP contribution in [-0.4, -0.2) is 26.1 Å². The summed E-state index contributed by atoms with van der Waals surface area (Å²) in [5.74, 6) is 0. The largest absolute Gasteiger partial charge is 0.308 e. The first kappa shape index (κ1) is 15.8. The van der Waals surface area contributed by atoms with Crippen LogP contribution in [0, 0.1) is 0 Å². The molecule has 0 aliphatic heterocycles. The first-order chi connectivity index (χ1) is 10.2. The molecule has 116 valence electrons. The van der Waals surface area contributed by atoms with Crippen molar-refractivity contribution in [1.29, 1.82) is 0 Å². The molecule has 0 fully saturated rings. The van der Waals surface area contributed by atoms with Gasteiger partial charge in [-0.1, -0.05) is 13.8 Å². The lowest BCUT2D eigenvalue weighted by atomic mass is 10.1. The summed E-state index contributed by atoms with van der Waals surface area (Å²) in [5.41, 5.74) is 3.71. The summed E-state index contributed by atoms with van der Waals surface area (Å²) in [6.45, 7) is 8.43. The first-order valence-corrected chi connectivity index (χ1v) is 7.95. The molecule has 2 aromatic heterocycles. The first-order valence-electron chi connectivity index (χ1n) is 7.95. The summed E-state index contributed by atoms with van der Waals surface area (Å²) in [7, 11) is 1.96. The minimum absolute atomic E-state index is 0.293. The lowest BCUT2D eigenvalue weighted by Crippen LogP contribution is -2.26. The average molecular weight is 289 g/mol. The Bertz CT molecular complexity index is 555. The monoisotopic (exact) mass is 289 g/mol. The number of hydrogen-bond acceptors (Lipinski definition) is 3. The SMILES string of the molecule is CCCNC(Cc1cnn(C)c1)c1cc(CC)nn1CC. The molecule has 2 aromatic rings. The average Bonchev–Trinajstić information content (AvgIpc) is 3.09. The van der Waals surface area contributed by atoms with Crippen molar-refractivity contribution in [3.63, 3.8) is 0 Å². The van der Waals surface area contributed by atoms with Crippen LogP contribution in [0.15, 0.2) is 18.5 Å². The van der Waals surface area contributed by atoms with Crippen LogP contribution in [0.25, 0.3) is 0 Å². The Morgan fingerprint density at radius 1 is 1.29 bits per heavy atom. The molecule has 0 bridgehead atoms. The Hall–Kier alpha value is -1.62. The second-order valence-corrected chi connectivity index (χ2v) is 5.46. The van der Waals surface area contributed by atoms with Crippen molar-refractivity contribution >= 4 is 0 Å². The van der Waals surface area contributed by atoms with Crippen LogP contribution < -0.4 is 5.32 Å². The van der Waals surface area contributed by atoms with E-state index in [1.165, 1.54) is 17.0 Å². The second kappa shape index (κ2) is 7.41. The molecule has 2 heterocycles. The van der Waals surface area contributed by atoms with E-state index in [1.54, 1.807) is 0 Å². The van der Waals surface area contributed by atoms with Crippen molar-refractivity contribution in [1.82, 2.24) is 24.9 Å². The van der Waals surface area contributed by atoms with E-state index >= 15 is 0 Å². The maximum Gasteiger partial charge on any atom is 0.0625 e. The molecule has 0 aliphatic rings. The third-order valence-electron chi connectivity index (χ3n) is 3.72. The molecular weight excluding hydrogens is 262 g/mol. The Labute approximate surface area is 127 Å². The molecule has 21 heavy (non-hydrogen) atoms. The fraction of sp³-hybridized carbons (Fsp3) is 0.625. The fourth-order valence-electron chi connectivity index (χ4n) is 2.61. The van der Waals surface area contributed by atoms with Gasteiger partial charge in [-0.25, -0.2) is 0 Å². The Kier molecular flexibility index (Phi) is 5.56. The van der Waals surface area contributed by atoms with E-state index in [-0.39, 0.29) is 0 Å². The zero-order chi connectivity index (χ0) is 15.2. The molecule has 5 nitrogen and oxygen atoms in total. The van der Waals surface area contributed by atoms with Crippen molar-refractivity contribution in [2.24, 2.45) is 7.05 Å². The minimum atomic E-state index is 0.293. The number of hydrogen-bond donors (Lipinski definition) is 1. The maximum absolute atomic E-state index is 4.68. The van der Waals surface area contributed by atoms with Crippen LogP contribution >= 0.6 is 0 Å². The fourth-order valence-corrected chi connectivity index (χ4v) is 2.61. The normalized spacial score (nSPS) is 12.8. The van der Waals surface area contributed by atoms with Crippen molar-refractivity contribution in [2.45, 2.75) is 52.6 Å². The Morgan fingerprint density at radius 3 is 2.67 bits per heavy atom. The Balaban J connectivity index is 2.23. The highest BCUT2D eigenvalue weighted by Crippen LogP contribution is 2.20. The lowest BCUT2D eigenvalue weighted by molar-refractivity contribution is 0.478. The molecule has 0 spiro atoms. The number of rotatable bonds is 8. The van der Waals surface area contributed by atoms with Gasteiger partial charge in [-0.15, -0.1) is 0 Å². The van der Waals surface area contributed by atoms with E-state index in [0.717, 1.165) is 32.4 Å². The van der Waals surface area contributed by atoms with Crippen LogP contribution in [0.3, 0.4) is 0 Å². The number of aryl methyl sites for hydroxylation is 3. The zero-order valence-corrected chi connectivity index (χ0v) is 13.6. The molecule has 1 N–H and O–H groups in total. The highest BCUT2D eigenvalue weighted by Gasteiger charge is 2.18. The van der Waals surface area contributed by atoms with Crippen LogP contribution in [0.5, 0.6) is 0 Å². The molecule has 0 radical (unpaired) electrons. The quantitative estimate of drug-likeness (QED) is 0.812. The summed E-state index contributed by atoms with van der Waals surface area (Å²) >= 11 is 0. The summed E-state index contributed by atoms with van der Waals surface area (Å²) in [6.07, 6.45) is 7.10. The lowest BCUT2D eigenvalue weighted by Gasteiger charge is -2.19. The smallest absolute Gasteiger partial charge is 0.0625 e. The van der Waals surface area contributed by atoms with Crippen LogP contribution in [0.1, 0.15) is 50.2 Å². The predicted molar refractivity (Wildman–Crippen MR) is 85.2 cm³/mol. The molecule has 1 atom stereocenters. The van der Waals surface area contributed by atoms with Gasteiger partial charge in [-0.3, -0.25) is 9.36 Å². The van der Waals surface area contributed by atoms with Gasteiger partial charge in [0.2, 0.25) is 0 Å². The van der Waals surface area contributed by atoms with Gasteiger partial charge < -0.3 is 5.32 Å². The third-order valence-corrected chi connectivity index (χ3v) is 3.72. The van der Waals surface area contributed by atoms with E-state index in [0.29, 0.717) is 6.04 Å². The van der Waals surface area contributed by atoms with E-state index in [4.69, 9.17) is 0 Å². The number of aromatic nitrogens is 4. The van der Waals surface area contributed by atoms with Crippen molar-refractivity contribution in [3.05, 3.63) is 35.4 Å². The van der Waals surface area contributed by atoms with Gasteiger partial charge in [0.1, 0.15) is 0 Å². The van der Waals surface area contributed by atoms with Crippen LogP contribution in [0.2, 0.25) is 0 Å². The summed E-state index contributed by atoms with van der Waals surface area (Å²) in [4.78, 5) is 0. The number of nitrogens with one attached hydrogen (secondary N) is 1. The van der Waals surface area contributed by atoms with Gasteiger partial charge in [-0.05, 0) is 44.4 Å². The van der Waals surface area contributed by atoms with Gasteiger partial charge in [0.25, 0.3) is 0 Å². The van der Waals surface area contributed by atoms with E-state index in [1.807, 2.05) is 17.9 Å². The van der Waals surface area contributed by atoms with E-state index in [2.05, 4.69) is 53.2 Å². The van der Waals surface area contributed by atoms with Gasteiger partial charge in [0.15, 0.2) is 0 Å². The molecule has 5 heteroatoms. The van der Waals surface area contributed by atoms with Crippen molar-refractivity contribution in [3.8, 4) is 0 Å². The van der Waals surface area contributed by atoms with Crippen LogP contribution in [0.4, 0.5) is 0 Å². The standard InChI is InChI=1S/C16H27N5/c1-5-8-17-15(9-13-11-18-20(4)12-13)16-10-14(6-2)19-21(16)7-3/h10-12,15,17H,5-9H2,1-4H3. The summed E-state index contributed by atoms with van der Waals surface area (Å²) in [5, 5.41) is 12.6. The van der Waals surface area contributed by atoms with Crippen molar-refractivity contribution in [2.75, 3.05) is 6.54 Å². The Morgan fingerprint density at radius 2 is 2.10 bits per heavy atom. The number of nitrogens with zero attached hydrogens (tertiary/aromatic N) is 4. The highest BCUT2D eigenvalue weighted by atomic mass is 15.3. The summed E-state index contributed by atoms with van der Waals surface area (Å²) in [6, 6.07) is 2.54. The van der Waals surface area contributed by atoms with E-state index < -0.39 is 0 Å². The topological polar surface area (TPSA) is 47.7 Å². The van der Waals surface area contributed by atoms with Gasteiger partial charge >= 0.3 is 0 Å². The third kappa shape index (κ3) is 3.94. The van der Waals surface area contributed by atoms with E-state index in [9.17, 15) is 0 Å². The van der Waals surface area contributed by atoms with Gasteiger partial charge in [0.05, 0.1) is 23.6 Å². The molecule has 0 aliphatic carbocycles. The zero-order valence-electron chi connectivity index (χ0n) is 13.6. The van der Waals surface area contributed by atoms with Gasteiger partial charge in [-0.2, -0.15) is 10.2 Å². The molecular formula is C16H27N5. The minimum Gasteiger partial charge on any atom is -0.308 e.